The average Bonchev–Trinajstić information content (AvgIpc) is 2.87. The molecule has 0 saturated heterocycles. The van der Waals surface area contributed by atoms with Crippen LogP contribution in [0.1, 0.15) is 19.5 Å². The molecule has 0 spiro atoms. The van der Waals surface area contributed by atoms with Gasteiger partial charge in [0.2, 0.25) is 0 Å². The van der Waals surface area contributed by atoms with Crippen molar-refractivity contribution in [3.05, 3.63) is 30.4 Å². The first-order valence-corrected chi connectivity index (χ1v) is 8.05. The van der Waals surface area contributed by atoms with E-state index < -0.39 is 10.0 Å². The predicted octanol–water partition coefficient (Wildman–Crippen LogP) is 1.46. The molecule has 0 atom stereocenters. The third kappa shape index (κ3) is 3.38. The maximum Gasteiger partial charge on any atom is 0.284 e. The zero-order chi connectivity index (χ0) is 15.6. The fourth-order valence-corrected chi connectivity index (χ4v) is 2.89. The van der Waals surface area contributed by atoms with E-state index in [0.29, 0.717) is 5.92 Å². The Bertz CT molecular complexity index is 706. The Labute approximate surface area is 124 Å². The molecular weight excluding hydrogens is 290 g/mol. The summed E-state index contributed by atoms with van der Waals surface area (Å²) in [6, 6.07) is 3.33. The summed E-state index contributed by atoms with van der Waals surface area (Å²) in [6.07, 6.45) is 3.06. The summed E-state index contributed by atoms with van der Waals surface area (Å²) in [5, 5.41) is 7.77. The van der Waals surface area contributed by atoms with Crippen molar-refractivity contribution in [3.8, 4) is 0 Å². The van der Waals surface area contributed by atoms with Gasteiger partial charge in [-0.1, -0.05) is 13.8 Å². The Hall–Kier alpha value is -1.96. The van der Waals surface area contributed by atoms with Gasteiger partial charge in [-0.05, 0) is 25.0 Å². The zero-order valence-corrected chi connectivity index (χ0v) is 13.4. The molecule has 2 rings (SSSR count). The summed E-state index contributed by atoms with van der Waals surface area (Å²) >= 11 is 0. The molecule has 0 unspecified atom stereocenters. The Morgan fingerprint density at radius 2 is 2.00 bits per heavy atom. The van der Waals surface area contributed by atoms with Gasteiger partial charge in [0.25, 0.3) is 10.0 Å². The van der Waals surface area contributed by atoms with Crippen LogP contribution in [-0.4, -0.2) is 35.2 Å². The molecule has 0 aliphatic rings. The van der Waals surface area contributed by atoms with Crippen molar-refractivity contribution in [1.82, 2.24) is 19.7 Å². The molecule has 21 heavy (non-hydrogen) atoms. The highest BCUT2D eigenvalue weighted by atomic mass is 32.2. The van der Waals surface area contributed by atoms with E-state index in [0.717, 1.165) is 16.5 Å². The predicted molar refractivity (Wildman–Crippen MR) is 79.4 cm³/mol. The minimum Gasteiger partial charge on any atom is -0.336 e. The van der Waals surface area contributed by atoms with Crippen molar-refractivity contribution >= 4 is 15.8 Å². The van der Waals surface area contributed by atoms with Gasteiger partial charge in [0.1, 0.15) is 0 Å². The first kappa shape index (κ1) is 15.4. The van der Waals surface area contributed by atoms with Gasteiger partial charge in [0.15, 0.2) is 10.8 Å². The van der Waals surface area contributed by atoms with Gasteiger partial charge in [-0.25, -0.2) is 4.98 Å². The first-order chi connectivity index (χ1) is 9.80. The number of aryl methyl sites for hydroxylation is 1. The molecule has 0 radical (unpaired) electrons. The third-order valence-electron chi connectivity index (χ3n) is 2.92. The molecule has 0 aliphatic carbocycles. The second kappa shape index (κ2) is 5.80. The molecule has 2 aromatic heterocycles. The van der Waals surface area contributed by atoms with Crippen LogP contribution in [0.25, 0.3) is 0 Å². The monoisotopic (exact) mass is 309 g/mol. The molecule has 0 aromatic carbocycles. The molecular formula is C13H19N5O2S. The molecule has 7 nitrogen and oxygen atoms in total. The highest BCUT2D eigenvalue weighted by molar-refractivity contribution is 7.92. The molecule has 8 heteroatoms. The lowest BCUT2D eigenvalue weighted by atomic mass is 10.2. The standard InChI is InChI=1S/C13H19N5O2S/c1-10(2)7-18-8-13(14-9-18)21(19,20)17(4)12-6-5-11(3)15-16-12/h5-6,8-10H,7H2,1-4H3. The number of imidazole rings is 1. The minimum absolute atomic E-state index is 0.00743. The fourth-order valence-electron chi connectivity index (χ4n) is 1.82. The fraction of sp³-hybridized carbons (Fsp3) is 0.462. The normalized spacial score (nSPS) is 11.9. The van der Waals surface area contributed by atoms with Gasteiger partial charge < -0.3 is 4.57 Å². The number of anilines is 1. The van der Waals surface area contributed by atoms with E-state index in [1.165, 1.54) is 19.6 Å². The number of hydrogen-bond donors (Lipinski definition) is 0. The largest absolute Gasteiger partial charge is 0.336 e. The van der Waals surface area contributed by atoms with Crippen molar-refractivity contribution in [1.29, 1.82) is 0 Å². The van der Waals surface area contributed by atoms with E-state index in [-0.39, 0.29) is 10.8 Å². The molecule has 0 N–H and O–H groups in total. The Morgan fingerprint density at radius 1 is 1.29 bits per heavy atom. The van der Waals surface area contributed by atoms with Gasteiger partial charge in [0, 0.05) is 19.8 Å². The molecule has 2 aromatic rings. The second-order valence-electron chi connectivity index (χ2n) is 5.31. The van der Waals surface area contributed by atoms with Crippen LogP contribution in [0, 0.1) is 12.8 Å². The van der Waals surface area contributed by atoms with E-state index >= 15 is 0 Å². The molecule has 0 bridgehead atoms. The van der Waals surface area contributed by atoms with Gasteiger partial charge in [0.05, 0.1) is 12.0 Å². The quantitative estimate of drug-likeness (QED) is 0.835. The maximum atomic E-state index is 12.5. The third-order valence-corrected chi connectivity index (χ3v) is 4.56. The summed E-state index contributed by atoms with van der Waals surface area (Å²) in [5.74, 6) is 0.675. The lowest BCUT2D eigenvalue weighted by Gasteiger charge is -2.16. The number of hydrogen-bond acceptors (Lipinski definition) is 5. The van der Waals surface area contributed by atoms with E-state index in [2.05, 4.69) is 29.0 Å². The number of aromatic nitrogens is 4. The minimum atomic E-state index is -3.72. The molecule has 114 valence electrons. The number of nitrogens with zero attached hydrogens (tertiary/aromatic N) is 5. The first-order valence-electron chi connectivity index (χ1n) is 6.61. The lowest BCUT2D eigenvalue weighted by Crippen LogP contribution is -2.28. The van der Waals surface area contributed by atoms with Crippen LogP contribution in [0.4, 0.5) is 5.82 Å². The van der Waals surface area contributed by atoms with Crippen LogP contribution in [0.5, 0.6) is 0 Å². The lowest BCUT2D eigenvalue weighted by molar-refractivity contribution is 0.521. The van der Waals surface area contributed by atoms with Gasteiger partial charge >= 0.3 is 0 Å². The summed E-state index contributed by atoms with van der Waals surface area (Å²) in [5.41, 5.74) is 0.728. The number of sulfonamides is 1. The smallest absolute Gasteiger partial charge is 0.284 e. The van der Waals surface area contributed by atoms with E-state index in [1.807, 2.05) is 0 Å². The van der Waals surface area contributed by atoms with Crippen LogP contribution < -0.4 is 4.31 Å². The van der Waals surface area contributed by atoms with E-state index in [1.54, 1.807) is 23.6 Å². The summed E-state index contributed by atoms with van der Waals surface area (Å²) in [6.45, 7) is 6.62. The van der Waals surface area contributed by atoms with Crippen molar-refractivity contribution in [2.45, 2.75) is 32.3 Å². The highest BCUT2D eigenvalue weighted by Gasteiger charge is 2.25. The van der Waals surface area contributed by atoms with Crippen molar-refractivity contribution in [2.24, 2.45) is 5.92 Å². The zero-order valence-electron chi connectivity index (χ0n) is 12.6. The topological polar surface area (TPSA) is 81.0 Å². The van der Waals surface area contributed by atoms with Crippen LogP contribution in [-0.2, 0) is 16.6 Å². The average molecular weight is 309 g/mol. The Balaban J connectivity index is 2.28. The van der Waals surface area contributed by atoms with Crippen LogP contribution in [0.2, 0.25) is 0 Å². The molecule has 0 saturated carbocycles. The SMILES string of the molecule is Cc1ccc(N(C)S(=O)(=O)c2cn(CC(C)C)cn2)nn1. The van der Waals surface area contributed by atoms with E-state index in [9.17, 15) is 8.42 Å². The Morgan fingerprint density at radius 3 is 2.57 bits per heavy atom. The summed E-state index contributed by atoms with van der Waals surface area (Å²) in [7, 11) is -2.28. The van der Waals surface area contributed by atoms with Gasteiger partial charge in [-0.2, -0.15) is 13.5 Å². The summed E-state index contributed by atoms with van der Waals surface area (Å²) < 4.78 is 27.9. The molecule has 2 heterocycles. The van der Waals surface area contributed by atoms with Crippen LogP contribution in [0.15, 0.2) is 29.7 Å². The van der Waals surface area contributed by atoms with Crippen molar-refractivity contribution < 1.29 is 8.42 Å². The van der Waals surface area contributed by atoms with Crippen LogP contribution >= 0.6 is 0 Å². The van der Waals surface area contributed by atoms with Gasteiger partial charge in [-0.3, -0.25) is 4.31 Å². The van der Waals surface area contributed by atoms with E-state index in [4.69, 9.17) is 0 Å². The van der Waals surface area contributed by atoms with Crippen LogP contribution in [0.3, 0.4) is 0 Å². The molecule has 0 aliphatic heterocycles. The summed E-state index contributed by atoms with van der Waals surface area (Å²) in [4.78, 5) is 3.99. The molecule has 0 fully saturated rings. The number of rotatable bonds is 5. The molecule has 0 amide bonds. The van der Waals surface area contributed by atoms with Gasteiger partial charge in [-0.15, -0.1) is 5.10 Å². The second-order valence-corrected chi connectivity index (χ2v) is 7.22. The van der Waals surface area contributed by atoms with Crippen molar-refractivity contribution in [2.75, 3.05) is 11.4 Å². The maximum absolute atomic E-state index is 12.5. The Kier molecular flexibility index (Phi) is 4.26. The highest BCUT2D eigenvalue weighted by Crippen LogP contribution is 2.18. The van der Waals surface area contributed by atoms with Crippen molar-refractivity contribution in [3.63, 3.8) is 0 Å².